The molecular formula is C24H37N3O3. The van der Waals surface area contributed by atoms with E-state index >= 15 is 0 Å². The summed E-state index contributed by atoms with van der Waals surface area (Å²) in [6.45, 7) is 3.20. The van der Waals surface area contributed by atoms with Crippen molar-refractivity contribution in [2.75, 3.05) is 13.7 Å². The Bertz CT molecular complexity index is 768. The Balaban J connectivity index is 1.29. The number of ether oxygens (including phenoxy) is 1. The van der Waals surface area contributed by atoms with Gasteiger partial charge in [-0.3, -0.25) is 4.79 Å². The van der Waals surface area contributed by atoms with Crippen LogP contribution in [0.2, 0.25) is 0 Å². The van der Waals surface area contributed by atoms with Crippen LogP contribution in [0.1, 0.15) is 64.7 Å². The Morgan fingerprint density at radius 3 is 2.60 bits per heavy atom. The number of aromatic nitrogens is 3. The van der Waals surface area contributed by atoms with Gasteiger partial charge in [-0.15, -0.1) is 0 Å². The number of methoxy groups -OCH3 is 1. The van der Waals surface area contributed by atoms with E-state index in [0.717, 1.165) is 43.4 Å². The molecule has 4 saturated carbocycles. The number of Topliss-reactive ketones (excluding diaryl/α,β-unsaturated/α-hetero) is 1. The van der Waals surface area contributed by atoms with E-state index in [-0.39, 0.29) is 11.3 Å². The van der Waals surface area contributed by atoms with Gasteiger partial charge in [-0.05, 0) is 92.8 Å². The molecule has 1 aromatic rings. The Kier molecular flexibility index (Phi) is 5.29. The number of rotatable bonds is 5. The Morgan fingerprint density at radius 2 is 1.83 bits per heavy atom. The summed E-state index contributed by atoms with van der Waals surface area (Å²) in [5, 5.41) is 19.2. The molecule has 166 valence electrons. The molecule has 0 spiro atoms. The maximum absolute atomic E-state index is 13.2. The highest BCUT2D eigenvalue weighted by molar-refractivity contribution is 5.81. The van der Waals surface area contributed by atoms with Crippen LogP contribution in [0.15, 0.2) is 12.4 Å². The monoisotopic (exact) mass is 415 g/mol. The second-order valence-electron chi connectivity index (χ2n) is 11.0. The van der Waals surface area contributed by atoms with Gasteiger partial charge in [0, 0.05) is 13.0 Å². The first kappa shape index (κ1) is 20.6. The highest BCUT2D eigenvalue weighted by Gasteiger charge is 2.59. The van der Waals surface area contributed by atoms with Crippen LogP contribution < -0.4 is 0 Å². The van der Waals surface area contributed by atoms with Gasteiger partial charge in [-0.1, -0.05) is 6.92 Å². The third kappa shape index (κ3) is 3.35. The van der Waals surface area contributed by atoms with Crippen LogP contribution in [0.5, 0.6) is 0 Å². The number of fused-ring (bicyclic) bond motifs is 5. The van der Waals surface area contributed by atoms with Crippen molar-refractivity contribution in [3.05, 3.63) is 12.4 Å². The van der Waals surface area contributed by atoms with Crippen molar-refractivity contribution < 1.29 is 14.6 Å². The van der Waals surface area contributed by atoms with Crippen LogP contribution in [0.3, 0.4) is 0 Å². The van der Waals surface area contributed by atoms with E-state index in [4.69, 9.17) is 4.74 Å². The number of nitrogens with zero attached hydrogens (tertiary/aromatic N) is 3. The predicted molar refractivity (Wildman–Crippen MR) is 112 cm³/mol. The zero-order chi connectivity index (χ0) is 20.9. The highest BCUT2D eigenvalue weighted by Crippen LogP contribution is 2.64. The molecule has 0 bridgehead atoms. The predicted octanol–water partition coefficient (Wildman–Crippen LogP) is 3.49. The lowest BCUT2D eigenvalue weighted by atomic mass is 9.49. The van der Waals surface area contributed by atoms with E-state index in [2.05, 4.69) is 17.1 Å². The van der Waals surface area contributed by atoms with E-state index in [0.29, 0.717) is 30.8 Å². The third-order valence-corrected chi connectivity index (χ3v) is 9.67. The fourth-order valence-corrected chi connectivity index (χ4v) is 8.47. The van der Waals surface area contributed by atoms with Crippen molar-refractivity contribution in [2.24, 2.45) is 40.9 Å². The molecule has 8 atom stereocenters. The van der Waals surface area contributed by atoms with E-state index < -0.39 is 5.60 Å². The van der Waals surface area contributed by atoms with Crippen LogP contribution in [0, 0.1) is 40.9 Å². The van der Waals surface area contributed by atoms with Gasteiger partial charge in [-0.25, -0.2) is 0 Å². The zero-order valence-corrected chi connectivity index (χ0v) is 18.5. The smallest absolute Gasteiger partial charge is 0.159 e. The SMILES string of the molecule is COC[C@@]1(O)CC[C@H]2[C@@H](CC[C@@H]3[C@@H]2CC[C@]2(C)[C@@H](C(=O)Cn4nccn4)CC[C@@H]32)C1. The van der Waals surface area contributed by atoms with Crippen molar-refractivity contribution in [1.82, 2.24) is 15.0 Å². The average Bonchev–Trinajstić information content (AvgIpc) is 3.34. The molecule has 6 heteroatoms. The number of carbonyl (C=O) groups excluding carboxylic acids is 1. The second kappa shape index (κ2) is 7.70. The van der Waals surface area contributed by atoms with E-state index in [1.165, 1.54) is 32.1 Å². The van der Waals surface area contributed by atoms with Crippen LogP contribution in [0.25, 0.3) is 0 Å². The van der Waals surface area contributed by atoms with Crippen molar-refractivity contribution in [1.29, 1.82) is 0 Å². The van der Waals surface area contributed by atoms with Crippen LogP contribution in [-0.4, -0.2) is 45.2 Å². The molecule has 0 saturated heterocycles. The first-order chi connectivity index (χ1) is 14.4. The van der Waals surface area contributed by atoms with Gasteiger partial charge in [0.15, 0.2) is 5.78 Å². The van der Waals surface area contributed by atoms with E-state index in [1.54, 1.807) is 24.3 Å². The maximum Gasteiger partial charge on any atom is 0.159 e. The summed E-state index contributed by atoms with van der Waals surface area (Å²) in [5.41, 5.74) is -0.471. The van der Waals surface area contributed by atoms with Gasteiger partial charge in [-0.2, -0.15) is 15.0 Å². The minimum absolute atomic E-state index is 0.143. The lowest BCUT2D eigenvalue weighted by Gasteiger charge is -2.57. The maximum atomic E-state index is 13.2. The normalized spacial score (nSPS) is 45.4. The molecule has 0 aromatic carbocycles. The minimum Gasteiger partial charge on any atom is -0.387 e. The molecule has 1 N–H and O–H groups in total. The number of hydrogen-bond donors (Lipinski definition) is 1. The van der Waals surface area contributed by atoms with Gasteiger partial charge in [0.1, 0.15) is 6.54 Å². The topological polar surface area (TPSA) is 77.2 Å². The summed E-state index contributed by atoms with van der Waals surface area (Å²) in [4.78, 5) is 14.7. The summed E-state index contributed by atoms with van der Waals surface area (Å²) in [6, 6.07) is 0. The second-order valence-corrected chi connectivity index (χ2v) is 11.0. The molecule has 0 unspecified atom stereocenters. The molecule has 4 fully saturated rings. The van der Waals surface area contributed by atoms with Gasteiger partial charge in [0.05, 0.1) is 24.6 Å². The lowest BCUT2D eigenvalue weighted by Crippen LogP contribution is -2.52. The molecule has 5 rings (SSSR count). The summed E-state index contributed by atoms with van der Waals surface area (Å²) in [7, 11) is 1.70. The summed E-state index contributed by atoms with van der Waals surface area (Å²) in [5.74, 6) is 4.12. The van der Waals surface area contributed by atoms with Crippen molar-refractivity contribution in [2.45, 2.75) is 76.9 Å². The Morgan fingerprint density at radius 1 is 1.07 bits per heavy atom. The molecule has 30 heavy (non-hydrogen) atoms. The molecule has 0 aliphatic heterocycles. The quantitative estimate of drug-likeness (QED) is 0.796. The fraction of sp³-hybridized carbons (Fsp3) is 0.875. The summed E-state index contributed by atoms with van der Waals surface area (Å²) < 4.78 is 5.32. The Hall–Kier alpha value is -1.27. The van der Waals surface area contributed by atoms with Crippen LogP contribution in [-0.2, 0) is 16.1 Å². The average molecular weight is 416 g/mol. The summed E-state index contributed by atoms with van der Waals surface area (Å²) in [6.07, 6.45) is 13.4. The first-order valence-electron chi connectivity index (χ1n) is 12.0. The number of hydrogen-bond acceptors (Lipinski definition) is 5. The highest BCUT2D eigenvalue weighted by atomic mass is 16.5. The number of aliphatic hydroxyl groups is 1. The molecule has 0 amide bonds. The third-order valence-electron chi connectivity index (χ3n) is 9.67. The van der Waals surface area contributed by atoms with Crippen molar-refractivity contribution >= 4 is 5.78 Å². The van der Waals surface area contributed by atoms with Crippen LogP contribution in [0.4, 0.5) is 0 Å². The van der Waals surface area contributed by atoms with Gasteiger partial charge in [0.2, 0.25) is 0 Å². The Labute approximate surface area is 179 Å². The summed E-state index contributed by atoms with van der Waals surface area (Å²) >= 11 is 0. The molecule has 4 aliphatic rings. The van der Waals surface area contributed by atoms with E-state index in [9.17, 15) is 9.90 Å². The van der Waals surface area contributed by atoms with Crippen LogP contribution >= 0.6 is 0 Å². The minimum atomic E-state index is -0.614. The lowest BCUT2D eigenvalue weighted by molar-refractivity contribution is -0.137. The molecule has 1 aromatic heterocycles. The molecule has 0 radical (unpaired) electrons. The molecule has 6 nitrogen and oxygen atoms in total. The zero-order valence-electron chi connectivity index (χ0n) is 18.5. The fourth-order valence-electron chi connectivity index (χ4n) is 8.47. The molecule has 4 aliphatic carbocycles. The van der Waals surface area contributed by atoms with E-state index in [1.807, 2.05) is 0 Å². The molecular weight excluding hydrogens is 378 g/mol. The molecule has 1 heterocycles. The van der Waals surface area contributed by atoms with Gasteiger partial charge >= 0.3 is 0 Å². The van der Waals surface area contributed by atoms with Crippen molar-refractivity contribution in [3.8, 4) is 0 Å². The van der Waals surface area contributed by atoms with Gasteiger partial charge < -0.3 is 9.84 Å². The standard InChI is InChI=1S/C24H37N3O3/c1-23-9-7-18-17-8-10-24(29,15-30-2)13-16(17)3-4-19(18)20(23)5-6-21(23)22(28)14-27-25-11-12-26-27/h11-12,16-21,29H,3-10,13-15H2,1-2H3/t16-,17-,18+,19+,20-,21+,23-,24+/m0/s1. The van der Waals surface area contributed by atoms with Gasteiger partial charge in [0.25, 0.3) is 0 Å². The number of ketones is 1. The first-order valence-corrected chi connectivity index (χ1v) is 12.0. The largest absolute Gasteiger partial charge is 0.387 e. The number of carbonyl (C=O) groups is 1. The van der Waals surface area contributed by atoms with Crippen molar-refractivity contribution in [3.63, 3.8) is 0 Å².